The second kappa shape index (κ2) is 6.82. The van der Waals surface area contributed by atoms with Gasteiger partial charge in [-0.1, -0.05) is 30.3 Å². The number of aromatic nitrogens is 2. The highest BCUT2D eigenvalue weighted by molar-refractivity contribution is 5.82. The molecule has 0 spiro atoms. The largest absolute Gasteiger partial charge is 0.342 e. The van der Waals surface area contributed by atoms with E-state index in [2.05, 4.69) is 4.98 Å². The van der Waals surface area contributed by atoms with E-state index in [0.717, 1.165) is 29.9 Å². The maximum absolute atomic E-state index is 12.3. The van der Waals surface area contributed by atoms with E-state index in [1.807, 2.05) is 36.4 Å². The molecule has 134 valence electrons. The molecule has 2 aromatic rings. The van der Waals surface area contributed by atoms with Gasteiger partial charge in [0, 0.05) is 42.1 Å². The van der Waals surface area contributed by atoms with Crippen LogP contribution >= 0.6 is 0 Å². The van der Waals surface area contributed by atoms with Gasteiger partial charge in [0.2, 0.25) is 11.9 Å². The van der Waals surface area contributed by atoms with Crippen LogP contribution in [-0.2, 0) is 4.79 Å². The van der Waals surface area contributed by atoms with E-state index >= 15 is 0 Å². The topological polar surface area (TPSA) is 89.2 Å². The molecule has 0 N–H and O–H groups in total. The van der Waals surface area contributed by atoms with Gasteiger partial charge in [-0.05, 0) is 18.9 Å². The molecule has 0 radical (unpaired) electrons. The van der Waals surface area contributed by atoms with E-state index in [4.69, 9.17) is 4.98 Å². The lowest BCUT2D eigenvalue weighted by atomic mass is 9.95. The van der Waals surface area contributed by atoms with Gasteiger partial charge in [-0.2, -0.15) is 0 Å². The van der Waals surface area contributed by atoms with Gasteiger partial charge in [0.1, 0.15) is 11.7 Å². The fourth-order valence-electron chi connectivity index (χ4n) is 3.61. The molecule has 1 saturated heterocycles. The number of hydrogen-bond donors (Lipinski definition) is 0. The second-order valence-electron chi connectivity index (χ2n) is 6.96. The fraction of sp³-hybridized carbons (Fsp3) is 0.421. The second-order valence-corrected chi connectivity index (χ2v) is 6.96. The van der Waals surface area contributed by atoms with Gasteiger partial charge in [-0.25, -0.2) is 9.97 Å². The molecule has 7 heteroatoms. The maximum atomic E-state index is 12.3. The third-order valence-corrected chi connectivity index (χ3v) is 5.26. The summed E-state index contributed by atoms with van der Waals surface area (Å²) in [4.78, 5) is 33.7. The van der Waals surface area contributed by atoms with Gasteiger partial charge < -0.3 is 4.90 Å². The Kier molecular flexibility index (Phi) is 4.36. The van der Waals surface area contributed by atoms with Crippen molar-refractivity contribution in [2.24, 2.45) is 5.92 Å². The Hall–Kier alpha value is -2.83. The standard InChI is InChI=1S/C19H20N4O3/c24-19(15-12-17(15)23(25)26)22-10-7-14(8-11-22)18-20-9-6-16(21-18)13-4-2-1-3-5-13/h1-6,9,14-15,17H,7-8,10-12H2/t15-,17-/m1/s1. The highest BCUT2D eigenvalue weighted by Crippen LogP contribution is 2.36. The Labute approximate surface area is 151 Å². The zero-order chi connectivity index (χ0) is 18.1. The predicted octanol–water partition coefficient (Wildman–Crippen LogP) is 2.51. The number of nitrogens with zero attached hydrogens (tertiary/aromatic N) is 4. The number of nitro groups is 1. The predicted molar refractivity (Wildman–Crippen MR) is 94.9 cm³/mol. The number of likely N-dealkylation sites (tertiary alicyclic amines) is 1. The summed E-state index contributed by atoms with van der Waals surface area (Å²) in [6, 6.07) is 11.2. The van der Waals surface area contributed by atoms with Crippen molar-refractivity contribution in [2.75, 3.05) is 13.1 Å². The zero-order valence-corrected chi connectivity index (χ0v) is 14.3. The minimum atomic E-state index is -0.675. The van der Waals surface area contributed by atoms with E-state index in [1.165, 1.54) is 0 Å². The van der Waals surface area contributed by atoms with Crippen LogP contribution in [-0.4, -0.2) is 44.8 Å². The summed E-state index contributed by atoms with van der Waals surface area (Å²) >= 11 is 0. The minimum absolute atomic E-state index is 0.0656. The summed E-state index contributed by atoms with van der Waals surface area (Å²) in [5.74, 6) is 0.546. The van der Waals surface area contributed by atoms with E-state index in [9.17, 15) is 14.9 Å². The van der Waals surface area contributed by atoms with Crippen molar-refractivity contribution in [2.45, 2.75) is 31.2 Å². The molecule has 2 aliphatic rings. The Morgan fingerprint density at radius 3 is 2.54 bits per heavy atom. The normalized spacial score (nSPS) is 22.8. The molecule has 1 aromatic carbocycles. The number of rotatable bonds is 4. The van der Waals surface area contributed by atoms with E-state index in [-0.39, 0.29) is 16.7 Å². The first-order valence-corrected chi connectivity index (χ1v) is 8.94. The van der Waals surface area contributed by atoms with Crippen molar-refractivity contribution in [3.8, 4) is 11.3 Å². The molecule has 1 amide bonds. The number of carbonyl (C=O) groups is 1. The van der Waals surface area contributed by atoms with Crippen molar-refractivity contribution >= 4 is 5.91 Å². The van der Waals surface area contributed by atoms with Gasteiger partial charge in [0.25, 0.3) is 0 Å². The van der Waals surface area contributed by atoms with E-state index in [1.54, 1.807) is 11.1 Å². The molecule has 7 nitrogen and oxygen atoms in total. The Morgan fingerprint density at radius 1 is 1.15 bits per heavy atom. The van der Waals surface area contributed by atoms with Gasteiger partial charge >= 0.3 is 0 Å². The quantitative estimate of drug-likeness (QED) is 0.623. The Bertz CT molecular complexity index is 819. The van der Waals surface area contributed by atoms with Crippen LogP contribution in [0, 0.1) is 16.0 Å². The summed E-state index contributed by atoms with van der Waals surface area (Å²) in [6.45, 7) is 1.23. The zero-order valence-electron chi connectivity index (χ0n) is 14.3. The smallest absolute Gasteiger partial charge is 0.232 e. The molecule has 26 heavy (non-hydrogen) atoms. The molecule has 2 atom stereocenters. The van der Waals surface area contributed by atoms with Crippen molar-refractivity contribution in [1.29, 1.82) is 0 Å². The maximum Gasteiger partial charge on any atom is 0.232 e. The summed E-state index contributed by atoms with van der Waals surface area (Å²) in [7, 11) is 0. The first-order valence-electron chi connectivity index (χ1n) is 8.94. The number of carbonyl (C=O) groups excluding carboxylic acids is 1. The van der Waals surface area contributed by atoms with Crippen LogP contribution in [0.1, 0.15) is 31.0 Å². The third kappa shape index (κ3) is 3.29. The number of amides is 1. The third-order valence-electron chi connectivity index (χ3n) is 5.26. The molecular formula is C19H20N4O3. The molecule has 2 fully saturated rings. The van der Waals surface area contributed by atoms with Gasteiger partial charge in [-0.3, -0.25) is 14.9 Å². The van der Waals surface area contributed by atoms with Gasteiger partial charge in [0.05, 0.1) is 5.69 Å². The Balaban J connectivity index is 1.39. The molecule has 4 rings (SSSR count). The monoisotopic (exact) mass is 352 g/mol. The van der Waals surface area contributed by atoms with Crippen LogP contribution in [0.2, 0.25) is 0 Å². The lowest BCUT2D eigenvalue weighted by Crippen LogP contribution is -2.40. The van der Waals surface area contributed by atoms with Crippen LogP contribution in [0.5, 0.6) is 0 Å². The summed E-state index contributed by atoms with van der Waals surface area (Å²) in [5.41, 5.74) is 1.96. The van der Waals surface area contributed by atoms with Crippen molar-refractivity contribution in [3.63, 3.8) is 0 Å². The molecule has 1 aliphatic carbocycles. The first kappa shape index (κ1) is 16.6. The van der Waals surface area contributed by atoms with Crippen LogP contribution in [0.25, 0.3) is 11.3 Å². The van der Waals surface area contributed by atoms with E-state index in [0.29, 0.717) is 19.5 Å². The molecule has 1 aromatic heterocycles. The molecule has 0 bridgehead atoms. The molecule has 1 aliphatic heterocycles. The van der Waals surface area contributed by atoms with Crippen molar-refractivity contribution < 1.29 is 9.72 Å². The number of piperidine rings is 1. The average Bonchev–Trinajstić information content (AvgIpc) is 3.50. The average molecular weight is 352 g/mol. The molecule has 2 heterocycles. The van der Waals surface area contributed by atoms with Crippen LogP contribution < -0.4 is 0 Å². The molecular weight excluding hydrogens is 332 g/mol. The summed E-state index contributed by atoms with van der Waals surface area (Å²) in [6.07, 6.45) is 3.75. The summed E-state index contributed by atoms with van der Waals surface area (Å²) < 4.78 is 0. The Morgan fingerprint density at radius 2 is 1.88 bits per heavy atom. The highest BCUT2D eigenvalue weighted by atomic mass is 16.6. The number of benzene rings is 1. The highest BCUT2D eigenvalue weighted by Gasteiger charge is 2.54. The molecule has 0 unspecified atom stereocenters. The van der Waals surface area contributed by atoms with Gasteiger partial charge in [-0.15, -0.1) is 0 Å². The first-order chi connectivity index (χ1) is 12.6. The van der Waals surface area contributed by atoms with Gasteiger partial charge in [0.15, 0.2) is 0 Å². The summed E-state index contributed by atoms with van der Waals surface area (Å²) in [5, 5.41) is 10.8. The fourth-order valence-corrected chi connectivity index (χ4v) is 3.61. The van der Waals surface area contributed by atoms with Crippen LogP contribution in [0.15, 0.2) is 42.6 Å². The number of hydrogen-bond acceptors (Lipinski definition) is 5. The minimum Gasteiger partial charge on any atom is -0.342 e. The van der Waals surface area contributed by atoms with E-state index < -0.39 is 12.0 Å². The van der Waals surface area contributed by atoms with Crippen molar-refractivity contribution in [1.82, 2.24) is 14.9 Å². The van der Waals surface area contributed by atoms with Crippen LogP contribution in [0.3, 0.4) is 0 Å². The van der Waals surface area contributed by atoms with Crippen molar-refractivity contribution in [3.05, 3.63) is 58.5 Å². The lowest BCUT2D eigenvalue weighted by Gasteiger charge is -2.31. The lowest BCUT2D eigenvalue weighted by molar-refractivity contribution is -0.497. The van der Waals surface area contributed by atoms with Crippen LogP contribution in [0.4, 0.5) is 0 Å². The molecule has 1 saturated carbocycles. The SMILES string of the molecule is O=C([C@@H]1C[C@H]1[N+](=O)[O-])N1CCC(c2nccc(-c3ccccc3)n2)CC1.